The number of benzene rings is 1. The Morgan fingerprint density at radius 2 is 2.09 bits per heavy atom. The van der Waals surface area contributed by atoms with Gasteiger partial charge in [-0.1, -0.05) is 25.1 Å². The Morgan fingerprint density at radius 3 is 2.86 bits per heavy atom. The fraction of sp³-hybridized carbons (Fsp3) is 0.421. The Hall–Kier alpha value is -2.03. The fourth-order valence-electron chi connectivity index (χ4n) is 3.06. The van der Waals surface area contributed by atoms with Gasteiger partial charge in [-0.2, -0.15) is 0 Å². The zero-order chi connectivity index (χ0) is 15.2. The summed E-state index contributed by atoms with van der Waals surface area (Å²) in [4.78, 5) is 4.07. The molecule has 2 aromatic rings. The maximum Gasteiger partial charge on any atom is 0.122 e. The lowest BCUT2D eigenvalue weighted by Crippen LogP contribution is -2.08. The van der Waals surface area contributed by atoms with Gasteiger partial charge in [0.05, 0.1) is 12.9 Å². The second-order valence-electron chi connectivity index (χ2n) is 5.83. The van der Waals surface area contributed by atoms with Crippen molar-refractivity contribution in [2.75, 3.05) is 6.61 Å². The summed E-state index contributed by atoms with van der Waals surface area (Å²) in [7, 11) is 0. The van der Waals surface area contributed by atoms with Crippen molar-refractivity contribution in [3.05, 3.63) is 53.6 Å². The largest absolute Gasteiger partial charge is 0.493 e. The van der Waals surface area contributed by atoms with E-state index in [4.69, 9.17) is 4.74 Å². The number of fused-ring (bicyclic) bond motifs is 1. The first kappa shape index (κ1) is 14.9. The predicted octanol–water partition coefficient (Wildman–Crippen LogP) is 4.26. The van der Waals surface area contributed by atoms with Crippen molar-refractivity contribution in [3.8, 4) is 5.75 Å². The Labute approximate surface area is 132 Å². The SMILES string of the molecule is CCCOc1ccc(/C=C/Cn2ccnc2)c2c1CCCC2. The highest BCUT2D eigenvalue weighted by Crippen LogP contribution is 2.33. The van der Waals surface area contributed by atoms with Gasteiger partial charge in [-0.15, -0.1) is 0 Å². The smallest absolute Gasteiger partial charge is 0.122 e. The maximum atomic E-state index is 5.94. The molecule has 3 heteroatoms. The van der Waals surface area contributed by atoms with Crippen LogP contribution in [-0.4, -0.2) is 16.2 Å². The summed E-state index contributed by atoms with van der Waals surface area (Å²) in [5, 5.41) is 0. The van der Waals surface area contributed by atoms with Gasteiger partial charge in [0.15, 0.2) is 0 Å². The van der Waals surface area contributed by atoms with E-state index in [1.807, 2.05) is 18.7 Å². The quantitative estimate of drug-likeness (QED) is 0.796. The van der Waals surface area contributed by atoms with Gasteiger partial charge < -0.3 is 9.30 Å². The summed E-state index contributed by atoms with van der Waals surface area (Å²) >= 11 is 0. The summed E-state index contributed by atoms with van der Waals surface area (Å²) < 4.78 is 8.01. The number of aromatic nitrogens is 2. The molecule has 0 atom stereocenters. The molecule has 0 bridgehead atoms. The summed E-state index contributed by atoms with van der Waals surface area (Å²) in [6.45, 7) is 3.82. The van der Waals surface area contributed by atoms with E-state index >= 15 is 0 Å². The number of imidazole rings is 1. The molecular formula is C19H24N2O. The Morgan fingerprint density at radius 1 is 1.23 bits per heavy atom. The van der Waals surface area contributed by atoms with Gasteiger partial charge >= 0.3 is 0 Å². The van der Waals surface area contributed by atoms with Crippen molar-refractivity contribution in [3.63, 3.8) is 0 Å². The molecule has 0 aliphatic heterocycles. The third-order valence-electron chi connectivity index (χ3n) is 4.16. The van der Waals surface area contributed by atoms with Crippen molar-refractivity contribution in [1.82, 2.24) is 9.55 Å². The van der Waals surface area contributed by atoms with E-state index in [1.165, 1.54) is 36.0 Å². The van der Waals surface area contributed by atoms with Crippen molar-refractivity contribution >= 4 is 6.08 Å². The monoisotopic (exact) mass is 296 g/mol. The molecule has 3 rings (SSSR count). The summed E-state index contributed by atoms with van der Waals surface area (Å²) in [6, 6.07) is 4.36. The summed E-state index contributed by atoms with van der Waals surface area (Å²) in [6.07, 6.45) is 16.0. The van der Waals surface area contributed by atoms with Crippen molar-refractivity contribution < 1.29 is 4.74 Å². The highest BCUT2D eigenvalue weighted by atomic mass is 16.5. The minimum Gasteiger partial charge on any atom is -0.493 e. The predicted molar refractivity (Wildman–Crippen MR) is 90.1 cm³/mol. The van der Waals surface area contributed by atoms with Crippen LogP contribution in [-0.2, 0) is 19.4 Å². The molecule has 1 aliphatic carbocycles. The average Bonchev–Trinajstić information content (AvgIpc) is 3.07. The molecule has 0 fully saturated rings. The Kier molecular flexibility index (Phi) is 4.94. The summed E-state index contributed by atoms with van der Waals surface area (Å²) in [5.41, 5.74) is 4.27. The van der Waals surface area contributed by atoms with Gasteiger partial charge in [-0.3, -0.25) is 0 Å². The van der Waals surface area contributed by atoms with E-state index in [2.05, 4.69) is 40.8 Å². The van der Waals surface area contributed by atoms with E-state index in [0.29, 0.717) is 0 Å². The first-order chi connectivity index (χ1) is 10.9. The number of hydrogen-bond acceptors (Lipinski definition) is 2. The van der Waals surface area contributed by atoms with Crippen LogP contribution in [0.15, 0.2) is 36.9 Å². The molecule has 3 nitrogen and oxygen atoms in total. The first-order valence-corrected chi connectivity index (χ1v) is 8.28. The van der Waals surface area contributed by atoms with E-state index in [9.17, 15) is 0 Å². The minimum absolute atomic E-state index is 0.808. The van der Waals surface area contributed by atoms with Crippen LogP contribution >= 0.6 is 0 Å². The fourth-order valence-corrected chi connectivity index (χ4v) is 3.06. The molecule has 1 aliphatic rings. The molecular weight excluding hydrogens is 272 g/mol. The van der Waals surface area contributed by atoms with Crippen LogP contribution < -0.4 is 4.74 Å². The molecule has 1 aromatic heterocycles. The van der Waals surface area contributed by atoms with Gasteiger partial charge in [0.2, 0.25) is 0 Å². The van der Waals surface area contributed by atoms with Crippen LogP contribution in [0.2, 0.25) is 0 Å². The first-order valence-electron chi connectivity index (χ1n) is 8.28. The molecule has 22 heavy (non-hydrogen) atoms. The van der Waals surface area contributed by atoms with Gasteiger partial charge in [0, 0.05) is 18.9 Å². The van der Waals surface area contributed by atoms with Gasteiger partial charge in [0.1, 0.15) is 5.75 Å². The highest BCUT2D eigenvalue weighted by molar-refractivity contribution is 5.60. The zero-order valence-corrected chi connectivity index (χ0v) is 13.3. The third kappa shape index (κ3) is 3.41. The molecule has 0 amide bonds. The summed E-state index contributed by atoms with van der Waals surface area (Å²) in [5.74, 6) is 1.10. The van der Waals surface area contributed by atoms with Crippen LogP contribution in [0.25, 0.3) is 6.08 Å². The van der Waals surface area contributed by atoms with E-state index in [-0.39, 0.29) is 0 Å². The molecule has 0 radical (unpaired) electrons. The minimum atomic E-state index is 0.808. The third-order valence-corrected chi connectivity index (χ3v) is 4.16. The number of allylic oxidation sites excluding steroid dienone is 1. The lowest BCUT2D eigenvalue weighted by Gasteiger charge is -2.21. The van der Waals surface area contributed by atoms with Crippen LogP contribution in [0.3, 0.4) is 0 Å². The lowest BCUT2D eigenvalue weighted by atomic mass is 9.87. The maximum absolute atomic E-state index is 5.94. The van der Waals surface area contributed by atoms with E-state index in [1.54, 1.807) is 0 Å². The molecule has 0 spiro atoms. The number of nitrogens with zero attached hydrogens (tertiary/aromatic N) is 2. The molecule has 1 heterocycles. The average molecular weight is 296 g/mol. The van der Waals surface area contributed by atoms with Gasteiger partial charge in [-0.05, 0) is 54.9 Å². The van der Waals surface area contributed by atoms with E-state index < -0.39 is 0 Å². The van der Waals surface area contributed by atoms with Crippen molar-refractivity contribution in [2.45, 2.75) is 45.6 Å². The number of hydrogen-bond donors (Lipinski definition) is 0. The molecule has 1 aromatic carbocycles. The van der Waals surface area contributed by atoms with Crippen molar-refractivity contribution in [1.29, 1.82) is 0 Å². The molecule has 116 valence electrons. The molecule has 0 saturated heterocycles. The van der Waals surface area contributed by atoms with Crippen LogP contribution in [0, 0.1) is 0 Å². The Balaban J connectivity index is 1.80. The van der Waals surface area contributed by atoms with Crippen LogP contribution in [0.1, 0.15) is 42.9 Å². The normalized spacial score (nSPS) is 14.2. The molecule has 0 N–H and O–H groups in total. The van der Waals surface area contributed by atoms with Crippen LogP contribution in [0.4, 0.5) is 0 Å². The van der Waals surface area contributed by atoms with Gasteiger partial charge in [-0.25, -0.2) is 4.98 Å². The molecule has 0 unspecified atom stereocenters. The number of ether oxygens (including phenoxy) is 1. The van der Waals surface area contributed by atoms with E-state index in [0.717, 1.165) is 31.7 Å². The topological polar surface area (TPSA) is 27.1 Å². The van der Waals surface area contributed by atoms with Crippen molar-refractivity contribution in [2.24, 2.45) is 0 Å². The standard InChI is InChI=1S/C19H24N2O/c1-2-14-22-19-10-9-16(17-7-3-4-8-18(17)19)6-5-12-21-13-11-20-15-21/h5-6,9-11,13,15H,2-4,7-8,12,14H2,1H3/b6-5+. The van der Waals surface area contributed by atoms with Crippen LogP contribution in [0.5, 0.6) is 5.75 Å². The zero-order valence-electron chi connectivity index (χ0n) is 13.3. The van der Waals surface area contributed by atoms with Gasteiger partial charge in [0.25, 0.3) is 0 Å². The second-order valence-corrected chi connectivity index (χ2v) is 5.83. The highest BCUT2D eigenvalue weighted by Gasteiger charge is 2.16. The number of rotatable bonds is 6. The molecule has 0 saturated carbocycles. The second kappa shape index (κ2) is 7.30. The Bertz CT molecular complexity index is 629. The lowest BCUT2D eigenvalue weighted by molar-refractivity contribution is 0.312.